The third-order valence-corrected chi connectivity index (χ3v) is 5.55. The zero-order valence-corrected chi connectivity index (χ0v) is 15.3. The summed E-state index contributed by atoms with van der Waals surface area (Å²) in [4.78, 5) is 26.7. The van der Waals surface area contributed by atoms with Gasteiger partial charge in [-0.05, 0) is 31.0 Å². The molecule has 2 aliphatic rings. The van der Waals surface area contributed by atoms with Crippen molar-refractivity contribution in [1.29, 1.82) is 0 Å². The highest BCUT2D eigenvalue weighted by molar-refractivity contribution is 5.82. The van der Waals surface area contributed by atoms with Crippen molar-refractivity contribution < 1.29 is 23.8 Å². The maximum absolute atomic E-state index is 12.6. The molecular formula is C20H23NO6. The number of aryl methyl sites for hydroxylation is 1. The Bertz CT molecular complexity index is 918. The van der Waals surface area contributed by atoms with Crippen LogP contribution in [0.15, 0.2) is 27.4 Å². The Balaban J connectivity index is 1.43. The van der Waals surface area contributed by atoms with E-state index in [1.165, 1.54) is 6.07 Å². The molecule has 144 valence electrons. The zero-order valence-electron chi connectivity index (χ0n) is 15.3. The van der Waals surface area contributed by atoms with Gasteiger partial charge >= 0.3 is 5.63 Å². The van der Waals surface area contributed by atoms with E-state index in [-0.39, 0.29) is 18.1 Å². The zero-order chi connectivity index (χ0) is 19.0. The summed E-state index contributed by atoms with van der Waals surface area (Å²) in [6, 6.07) is 4.70. The summed E-state index contributed by atoms with van der Waals surface area (Å²) in [6.07, 6.45) is 1.95. The van der Waals surface area contributed by atoms with Crippen LogP contribution in [-0.4, -0.2) is 48.0 Å². The van der Waals surface area contributed by atoms with E-state index in [4.69, 9.17) is 13.9 Å². The first kappa shape index (κ1) is 18.0. The first-order chi connectivity index (χ1) is 13.0. The molecule has 4 rings (SSSR count). The quantitative estimate of drug-likeness (QED) is 0.829. The SMILES string of the molecule is Cc1c(CCC(=O)N2CCC3(CC2)OCCO3)c(=O)oc2cc(O)ccc12. The van der Waals surface area contributed by atoms with E-state index in [2.05, 4.69) is 0 Å². The van der Waals surface area contributed by atoms with E-state index in [9.17, 15) is 14.7 Å². The molecule has 0 unspecified atom stereocenters. The van der Waals surface area contributed by atoms with Gasteiger partial charge in [-0.2, -0.15) is 0 Å². The van der Waals surface area contributed by atoms with Crippen LogP contribution in [0.2, 0.25) is 0 Å². The number of piperidine rings is 1. The minimum atomic E-state index is -0.502. The number of amides is 1. The van der Waals surface area contributed by atoms with Crippen LogP contribution in [-0.2, 0) is 20.7 Å². The number of phenolic OH excluding ortho intramolecular Hbond substituents is 1. The van der Waals surface area contributed by atoms with E-state index in [0.717, 1.165) is 10.9 Å². The molecular weight excluding hydrogens is 350 g/mol. The Morgan fingerprint density at radius 2 is 1.93 bits per heavy atom. The Morgan fingerprint density at radius 3 is 2.63 bits per heavy atom. The second kappa shape index (κ2) is 6.98. The number of carbonyl (C=O) groups excluding carboxylic acids is 1. The Morgan fingerprint density at radius 1 is 1.22 bits per heavy atom. The number of phenols is 1. The van der Waals surface area contributed by atoms with Crippen LogP contribution in [0, 0.1) is 6.92 Å². The highest BCUT2D eigenvalue weighted by atomic mass is 16.7. The minimum Gasteiger partial charge on any atom is -0.508 e. The maximum atomic E-state index is 12.6. The predicted molar refractivity (Wildman–Crippen MR) is 97.7 cm³/mol. The summed E-state index contributed by atoms with van der Waals surface area (Å²) in [5.74, 6) is -0.434. The van der Waals surface area contributed by atoms with Crippen molar-refractivity contribution >= 4 is 16.9 Å². The Kier molecular flexibility index (Phi) is 4.65. The molecule has 2 aliphatic heterocycles. The van der Waals surface area contributed by atoms with Gasteiger partial charge < -0.3 is 23.9 Å². The molecule has 0 aliphatic carbocycles. The van der Waals surface area contributed by atoms with Gasteiger partial charge in [0.25, 0.3) is 0 Å². The summed E-state index contributed by atoms with van der Waals surface area (Å²) in [7, 11) is 0. The van der Waals surface area contributed by atoms with Crippen molar-refractivity contribution in [3.63, 3.8) is 0 Å². The van der Waals surface area contributed by atoms with Crippen LogP contribution >= 0.6 is 0 Å². The Labute approximate surface area is 156 Å². The lowest BCUT2D eigenvalue weighted by Crippen LogP contribution is -2.47. The van der Waals surface area contributed by atoms with Gasteiger partial charge in [-0.25, -0.2) is 4.79 Å². The van der Waals surface area contributed by atoms with Crippen LogP contribution in [0.3, 0.4) is 0 Å². The molecule has 1 aromatic heterocycles. The number of carbonyl (C=O) groups is 1. The third-order valence-electron chi connectivity index (χ3n) is 5.55. The van der Waals surface area contributed by atoms with Crippen molar-refractivity contribution in [1.82, 2.24) is 4.90 Å². The lowest BCUT2D eigenvalue weighted by Gasteiger charge is -2.37. The van der Waals surface area contributed by atoms with Crippen molar-refractivity contribution in [2.24, 2.45) is 0 Å². The second-order valence-electron chi connectivity index (χ2n) is 7.16. The molecule has 27 heavy (non-hydrogen) atoms. The van der Waals surface area contributed by atoms with Crippen LogP contribution in [0.4, 0.5) is 0 Å². The monoisotopic (exact) mass is 373 g/mol. The molecule has 1 aromatic carbocycles. The van der Waals surface area contributed by atoms with Crippen molar-refractivity contribution in [3.8, 4) is 5.75 Å². The fourth-order valence-electron chi connectivity index (χ4n) is 3.94. The number of rotatable bonds is 3. The number of fused-ring (bicyclic) bond motifs is 1. The molecule has 0 radical (unpaired) electrons. The standard InChI is InChI=1S/C20H23NO6/c1-13-15-3-2-14(22)12-17(15)27-19(24)16(13)4-5-18(23)21-8-6-20(7-9-21)25-10-11-26-20/h2-3,12,22H,4-11H2,1H3. The molecule has 7 heteroatoms. The molecule has 2 saturated heterocycles. The molecule has 1 N–H and O–H groups in total. The molecule has 2 aromatic rings. The first-order valence-corrected chi connectivity index (χ1v) is 9.28. The molecule has 0 saturated carbocycles. The number of hydrogen-bond acceptors (Lipinski definition) is 6. The minimum absolute atomic E-state index is 0.0208. The van der Waals surface area contributed by atoms with Gasteiger partial charge in [-0.15, -0.1) is 0 Å². The van der Waals surface area contributed by atoms with Gasteiger partial charge in [0, 0.05) is 49.4 Å². The summed E-state index contributed by atoms with van der Waals surface area (Å²) in [5.41, 5.74) is 1.20. The first-order valence-electron chi connectivity index (χ1n) is 9.28. The summed E-state index contributed by atoms with van der Waals surface area (Å²) in [6.45, 7) is 4.27. The summed E-state index contributed by atoms with van der Waals surface area (Å²) < 4.78 is 16.7. The number of hydrogen-bond donors (Lipinski definition) is 1. The molecule has 0 bridgehead atoms. The van der Waals surface area contributed by atoms with Crippen LogP contribution in [0.5, 0.6) is 5.75 Å². The molecule has 3 heterocycles. The lowest BCUT2D eigenvalue weighted by atomic mass is 10.0. The van der Waals surface area contributed by atoms with Gasteiger partial charge in [-0.3, -0.25) is 4.79 Å². The molecule has 1 amide bonds. The lowest BCUT2D eigenvalue weighted by molar-refractivity contribution is -0.187. The van der Waals surface area contributed by atoms with Crippen molar-refractivity contribution in [3.05, 3.63) is 39.7 Å². The normalized spacial score (nSPS) is 19.1. The summed E-state index contributed by atoms with van der Waals surface area (Å²) in [5, 5.41) is 10.3. The fraction of sp³-hybridized carbons (Fsp3) is 0.500. The maximum Gasteiger partial charge on any atom is 0.339 e. The highest BCUT2D eigenvalue weighted by Crippen LogP contribution is 2.31. The second-order valence-corrected chi connectivity index (χ2v) is 7.16. The van der Waals surface area contributed by atoms with Crippen LogP contribution in [0.25, 0.3) is 11.0 Å². The highest BCUT2D eigenvalue weighted by Gasteiger charge is 2.40. The fourth-order valence-corrected chi connectivity index (χ4v) is 3.94. The van der Waals surface area contributed by atoms with Crippen LogP contribution in [0.1, 0.15) is 30.4 Å². The number of ether oxygens (including phenoxy) is 2. The number of benzene rings is 1. The average molecular weight is 373 g/mol. The smallest absolute Gasteiger partial charge is 0.339 e. The number of likely N-dealkylation sites (tertiary alicyclic amines) is 1. The largest absolute Gasteiger partial charge is 0.508 e. The molecule has 0 atom stereocenters. The van der Waals surface area contributed by atoms with E-state index < -0.39 is 11.4 Å². The van der Waals surface area contributed by atoms with Crippen LogP contribution < -0.4 is 5.63 Å². The predicted octanol–water partition coefficient (Wildman–Crippen LogP) is 2.11. The van der Waals surface area contributed by atoms with Gasteiger partial charge in [0.2, 0.25) is 5.91 Å². The van der Waals surface area contributed by atoms with Gasteiger partial charge in [0.15, 0.2) is 5.79 Å². The molecule has 1 spiro atoms. The van der Waals surface area contributed by atoms with Crippen molar-refractivity contribution in [2.45, 2.75) is 38.4 Å². The number of nitrogens with zero attached hydrogens (tertiary/aromatic N) is 1. The van der Waals surface area contributed by atoms with Gasteiger partial charge in [0.05, 0.1) is 13.2 Å². The Hall–Kier alpha value is -2.38. The number of aromatic hydroxyl groups is 1. The van der Waals surface area contributed by atoms with E-state index in [1.54, 1.807) is 12.1 Å². The average Bonchev–Trinajstić information content (AvgIpc) is 3.09. The molecule has 2 fully saturated rings. The van der Waals surface area contributed by atoms with Gasteiger partial charge in [0.1, 0.15) is 11.3 Å². The van der Waals surface area contributed by atoms with E-state index >= 15 is 0 Å². The van der Waals surface area contributed by atoms with Crippen molar-refractivity contribution in [2.75, 3.05) is 26.3 Å². The van der Waals surface area contributed by atoms with E-state index in [1.807, 2.05) is 11.8 Å². The van der Waals surface area contributed by atoms with E-state index in [0.29, 0.717) is 56.7 Å². The topological polar surface area (TPSA) is 89.2 Å². The third kappa shape index (κ3) is 3.44. The van der Waals surface area contributed by atoms with Gasteiger partial charge in [-0.1, -0.05) is 0 Å². The summed E-state index contributed by atoms with van der Waals surface area (Å²) >= 11 is 0. The molecule has 7 nitrogen and oxygen atoms in total.